The second-order valence-electron chi connectivity index (χ2n) is 3.65. The van der Waals surface area contributed by atoms with E-state index in [2.05, 4.69) is 5.10 Å². The minimum atomic E-state index is -0.547. The molecule has 0 fully saturated rings. The highest BCUT2D eigenvalue weighted by Crippen LogP contribution is 2.18. The number of aryl methyl sites for hydroxylation is 1. The van der Waals surface area contributed by atoms with Gasteiger partial charge in [0, 0.05) is 13.1 Å². The largest absolute Gasteiger partial charge is 0.463 e. The Morgan fingerprint density at radius 2 is 2.39 bits per heavy atom. The van der Waals surface area contributed by atoms with E-state index in [4.69, 9.17) is 4.74 Å². The summed E-state index contributed by atoms with van der Waals surface area (Å²) in [5, 5.41) is 14.5. The van der Waals surface area contributed by atoms with Crippen LogP contribution < -0.4 is 0 Å². The minimum Gasteiger partial charge on any atom is -0.463 e. The summed E-state index contributed by atoms with van der Waals surface area (Å²) >= 11 is 0. The number of nitrogens with zero attached hydrogens (tertiary/aromatic N) is 3. The number of aromatic nitrogens is 2. The molecule has 0 radical (unpaired) electrons. The highest BCUT2D eigenvalue weighted by Gasteiger charge is 2.16. The molecule has 18 heavy (non-hydrogen) atoms. The predicted molar refractivity (Wildman–Crippen MR) is 64.8 cm³/mol. The Labute approximate surface area is 104 Å². The lowest BCUT2D eigenvalue weighted by Crippen LogP contribution is -2.02. The molecule has 1 heterocycles. The Morgan fingerprint density at radius 1 is 1.67 bits per heavy atom. The number of carbonyl (C=O) groups is 1. The molecule has 0 amide bonds. The zero-order valence-electron chi connectivity index (χ0n) is 10.3. The Hall–Kier alpha value is -2.18. The van der Waals surface area contributed by atoms with E-state index in [1.54, 1.807) is 7.05 Å². The number of unbranched alkanes of at least 4 members (excludes halogenated alkanes) is 1. The molecule has 1 aromatic rings. The second-order valence-corrected chi connectivity index (χ2v) is 3.65. The van der Waals surface area contributed by atoms with Gasteiger partial charge in [0.05, 0.1) is 11.5 Å². The fraction of sp³-hybridized carbons (Fsp3) is 0.455. The van der Waals surface area contributed by atoms with Gasteiger partial charge in [-0.25, -0.2) is 4.79 Å². The van der Waals surface area contributed by atoms with Crippen LogP contribution in [0.4, 0.5) is 5.69 Å². The van der Waals surface area contributed by atoms with Crippen molar-refractivity contribution in [2.75, 3.05) is 6.61 Å². The van der Waals surface area contributed by atoms with Crippen molar-refractivity contribution < 1.29 is 14.5 Å². The summed E-state index contributed by atoms with van der Waals surface area (Å²) in [4.78, 5) is 21.4. The lowest BCUT2D eigenvalue weighted by atomic mass is 10.3. The second kappa shape index (κ2) is 6.53. The Morgan fingerprint density at radius 3 is 3.00 bits per heavy atom. The number of ether oxygens (including phenoxy) is 1. The number of rotatable bonds is 6. The van der Waals surface area contributed by atoms with Crippen molar-refractivity contribution in [1.82, 2.24) is 9.78 Å². The summed E-state index contributed by atoms with van der Waals surface area (Å²) < 4.78 is 6.22. The van der Waals surface area contributed by atoms with Gasteiger partial charge in [0.15, 0.2) is 0 Å². The summed E-state index contributed by atoms with van der Waals surface area (Å²) in [5.41, 5.74) is 0.113. The third kappa shape index (κ3) is 3.69. The first-order valence-corrected chi connectivity index (χ1v) is 5.57. The Kier molecular flexibility index (Phi) is 5.04. The van der Waals surface area contributed by atoms with Crippen LogP contribution >= 0.6 is 0 Å². The maximum atomic E-state index is 11.3. The average molecular weight is 253 g/mol. The van der Waals surface area contributed by atoms with Crippen LogP contribution in [0.2, 0.25) is 0 Å². The molecular formula is C11H15N3O4. The van der Waals surface area contributed by atoms with Crippen LogP contribution in [0.1, 0.15) is 25.5 Å². The van der Waals surface area contributed by atoms with Crippen molar-refractivity contribution in [1.29, 1.82) is 0 Å². The fourth-order valence-corrected chi connectivity index (χ4v) is 1.28. The van der Waals surface area contributed by atoms with E-state index in [1.165, 1.54) is 16.8 Å². The van der Waals surface area contributed by atoms with E-state index >= 15 is 0 Å². The van der Waals surface area contributed by atoms with Gasteiger partial charge in [0.2, 0.25) is 0 Å². The predicted octanol–water partition coefficient (Wildman–Crippen LogP) is 1.68. The normalized spacial score (nSPS) is 10.8. The molecule has 0 saturated carbocycles. The van der Waals surface area contributed by atoms with Crippen molar-refractivity contribution in [3.63, 3.8) is 0 Å². The number of esters is 1. The highest BCUT2D eigenvalue weighted by molar-refractivity contribution is 5.87. The average Bonchev–Trinajstić information content (AvgIpc) is 2.68. The van der Waals surface area contributed by atoms with Crippen molar-refractivity contribution >= 4 is 17.7 Å². The van der Waals surface area contributed by atoms with Gasteiger partial charge >= 0.3 is 11.7 Å². The molecule has 7 heteroatoms. The monoisotopic (exact) mass is 253 g/mol. The molecule has 0 N–H and O–H groups in total. The zero-order chi connectivity index (χ0) is 13.5. The van der Waals surface area contributed by atoms with Gasteiger partial charge in [-0.3, -0.25) is 14.8 Å². The molecule has 1 rings (SSSR count). The SMILES string of the molecule is CCCCOC(=O)/C=C/c1c([N+](=O)[O-])cnn1C. The summed E-state index contributed by atoms with van der Waals surface area (Å²) in [5.74, 6) is -0.515. The van der Waals surface area contributed by atoms with E-state index in [-0.39, 0.29) is 11.4 Å². The maximum absolute atomic E-state index is 11.3. The van der Waals surface area contributed by atoms with Crippen LogP contribution in [0.15, 0.2) is 12.3 Å². The molecule has 0 atom stereocenters. The van der Waals surface area contributed by atoms with Gasteiger partial charge in [-0.05, 0) is 12.5 Å². The van der Waals surface area contributed by atoms with Gasteiger partial charge in [-0.1, -0.05) is 13.3 Å². The van der Waals surface area contributed by atoms with Gasteiger partial charge in [-0.15, -0.1) is 0 Å². The zero-order valence-corrected chi connectivity index (χ0v) is 10.3. The Balaban J connectivity index is 2.69. The van der Waals surface area contributed by atoms with Crippen molar-refractivity contribution in [3.8, 4) is 0 Å². The van der Waals surface area contributed by atoms with Gasteiger partial charge in [0.25, 0.3) is 0 Å². The maximum Gasteiger partial charge on any atom is 0.330 e. The van der Waals surface area contributed by atoms with Crippen LogP contribution in [-0.4, -0.2) is 27.3 Å². The van der Waals surface area contributed by atoms with Crippen LogP contribution in [0, 0.1) is 10.1 Å². The van der Waals surface area contributed by atoms with Crippen molar-refractivity contribution in [2.24, 2.45) is 7.05 Å². The van der Waals surface area contributed by atoms with Crippen molar-refractivity contribution in [3.05, 3.63) is 28.1 Å². The van der Waals surface area contributed by atoms with E-state index in [9.17, 15) is 14.9 Å². The smallest absolute Gasteiger partial charge is 0.330 e. The standard InChI is InChI=1S/C11H15N3O4/c1-3-4-7-18-11(15)6-5-9-10(14(16)17)8-12-13(9)2/h5-6,8H,3-4,7H2,1-2H3/b6-5+. The van der Waals surface area contributed by atoms with Gasteiger partial charge in [0.1, 0.15) is 11.9 Å². The third-order valence-corrected chi connectivity index (χ3v) is 2.28. The highest BCUT2D eigenvalue weighted by atomic mass is 16.6. The summed E-state index contributed by atoms with van der Waals surface area (Å²) in [6, 6.07) is 0. The van der Waals surface area contributed by atoms with Gasteiger partial charge in [-0.2, -0.15) is 5.10 Å². The molecule has 0 aliphatic carbocycles. The number of carbonyl (C=O) groups excluding carboxylic acids is 1. The molecule has 0 aromatic carbocycles. The van der Waals surface area contributed by atoms with E-state index < -0.39 is 10.9 Å². The first-order valence-electron chi connectivity index (χ1n) is 5.57. The molecule has 0 unspecified atom stereocenters. The van der Waals surface area contributed by atoms with Crippen molar-refractivity contribution in [2.45, 2.75) is 19.8 Å². The molecule has 0 aliphatic heterocycles. The minimum absolute atomic E-state index is 0.143. The van der Waals surface area contributed by atoms with Crippen LogP contribution in [0.5, 0.6) is 0 Å². The van der Waals surface area contributed by atoms with E-state index in [0.29, 0.717) is 6.61 Å². The molecule has 1 aromatic heterocycles. The topological polar surface area (TPSA) is 87.3 Å². The third-order valence-electron chi connectivity index (χ3n) is 2.28. The molecule has 98 valence electrons. The molecule has 0 aliphatic rings. The first kappa shape index (κ1) is 13.9. The van der Waals surface area contributed by atoms with Crippen LogP contribution in [0.3, 0.4) is 0 Å². The molecule has 0 saturated heterocycles. The van der Waals surface area contributed by atoms with Crippen LogP contribution in [0.25, 0.3) is 6.08 Å². The number of nitro groups is 1. The lowest BCUT2D eigenvalue weighted by Gasteiger charge is -1.99. The van der Waals surface area contributed by atoms with E-state index in [1.807, 2.05) is 6.92 Å². The first-order chi connectivity index (χ1) is 8.56. The summed E-state index contributed by atoms with van der Waals surface area (Å²) in [7, 11) is 1.56. The number of hydrogen-bond acceptors (Lipinski definition) is 5. The lowest BCUT2D eigenvalue weighted by molar-refractivity contribution is -0.385. The molecule has 7 nitrogen and oxygen atoms in total. The van der Waals surface area contributed by atoms with Gasteiger partial charge < -0.3 is 4.74 Å². The molecule has 0 spiro atoms. The molecule has 0 bridgehead atoms. The Bertz CT molecular complexity index is 465. The van der Waals surface area contributed by atoms with E-state index in [0.717, 1.165) is 19.0 Å². The quantitative estimate of drug-likeness (QED) is 0.253. The number of hydrogen-bond donors (Lipinski definition) is 0. The summed E-state index contributed by atoms with van der Waals surface area (Å²) in [6.07, 6.45) is 5.37. The van der Waals surface area contributed by atoms with Crippen LogP contribution in [-0.2, 0) is 16.6 Å². The summed E-state index contributed by atoms with van der Waals surface area (Å²) in [6.45, 7) is 2.34. The fourth-order valence-electron chi connectivity index (χ4n) is 1.28. The molecular weight excluding hydrogens is 238 g/mol.